The Balaban J connectivity index is 1.73. The highest BCUT2D eigenvalue weighted by molar-refractivity contribution is 5.76. The summed E-state index contributed by atoms with van der Waals surface area (Å²) in [7, 11) is 0. The second-order valence-electron chi connectivity index (χ2n) is 17.2. The van der Waals surface area contributed by atoms with E-state index in [0.717, 1.165) is 89.9 Å². The van der Waals surface area contributed by atoms with Crippen molar-refractivity contribution in [2.45, 2.75) is 197 Å². The Kier molecular flexibility index (Phi) is 35.7. The molecule has 390 valence electrons. The second kappa shape index (κ2) is 40.0. The van der Waals surface area contributed by atoms with E-state index in [1.807, 2.05) is 12.2 Å². The Morgan fingerprint density at radius 3 is 1.49 bits per heavy atom. The third-order valence-electron chi connectivity index (χ3n) is 11.4. The van der Waals surface area contributed by atoms with Gasteiger partial charge in [0.15, 0.2) is 12.6 Å². The SMILES string of the molecule is CC/C=C\C/C=C\C/C=C\C/C=C\C/C=C\C/C=C\C/C=C\C/C=C\C/C=C\CCCC(=O)NC(COC1OC(CO)C(OC2OC(CO)C(O)C(O)C2O)C(O)C1O)C(O)/C=C/CCCCCC. The average Bonchev–Trinajstić information content (AvgIpc) is 3.35. The zero-order valence-corrected chi connectivity index (χ0v) is 41.2. The molecule has 2 heterocycles. The largest absolute Gasteiger partial charge is 0.394 e. The molecule has 1 amide bonds. The molecule has 0 aliphatic carbocycles. The number of aliphatic hydroxyl groups excluding tert-OH is 8. The zero-order valence-electron chi connectivity index (χ0n) is 41.2. The first-order chi connectivity index (χ1) is 33.6. The molecule has 0 aromatic rings. The van der Waals surface area contributed by atoms with Crippen LogP contribution in [0.2, 0.25) is 0 Å². The summed E-state index contributed by atoms with van der Waals surface area (Å²) >= 11 is 0. The van der Waals surface area contributed by atoms with Crippen LogP contribution in [0, 0.1) is 0 Å². The number of carbonyl (C=O) groups excluding carboxylic acids is 1. The predicted octanol–water partition coefficient (Wildman–Crippen LogP) is 6.71. The number of hydrogen-bond donors (Lipinski definition) is 9. The molecular formula is C55H87NO13. The van der Waals surface area contributed by atoms with E-state index in [4.69, 9.17) is 18.9 Å². The molecule has 0 bridgehead atoms. The van der Waals surface area contributed by atoms with Crippen molar-refractivity contribution in [3.63, 3.8) is 0 Å². The molecule has 2 fully saturated rings. The summed E-state index contributed by atoms with van der Waals surface area (Å²) in [6, 6.07) is -0.951. The van der Waals surface area contributed by atoms with E-state index in [1.165, 1.54) is 0 Å². The molecule has 0 radical (unpaired) electrons. The molecule has 2 aliphatic heterocycles. The van der Waals surface area contributed by atoms with Crippen LogP contribution >= 0.6 is 0 Å². The minimum absolute atomic E-state index is 0.191. The van der Waals surface area contributed by atoms with Crippen molar-refractivity contribution in [3.05, 3.63) is 122 Å². The van der Waals surface area contributed by atoms with Crippen LogP contribution in [-0.2, 0) is 23.7 Å². The Morgan fingerprint density at radius 2 is 1.00 bits per heavy atom. The van der Waals surface area contributed by atoms with Gasteiger partial charge < -0.3 is 65.1 Å². The number of rotatable bonds is 36. The monoisotopic (exact) mass is 970 g/mol. The van der Waals surface area contributed by atoms with E-state index in [0.29, 0.717) is 12.8 Å². The van der Waals surface area contributed by atoms with E-state index < -0.39 is 86.8 Å². The standard InChI is InChI=1S/C55H87NO13/c1-3-5-7-9-11-12-13-14-15-16-17-18-19-20-21-22-23-24-25-26-27-28-29-30-31-32-33-35-37-39-47(60)56-43(44(59)38-36-34-10-8-6-4-2)42-66-54-52(65)50(63)53(46(41-58)68-54)69-55-51(64)49(62)48(61)45(40-57)67-55/h5,7,11-12,14-15,17-18,20-21,23-24,26-27,29-30,32-33,36,38,43-46,48-55,57-59,61-65H,3-4,6,8-10,13,16,19,22,25,28,31,34-35,37,39-42H2,1-2H3,(H,56,60)/b7-5-,12-11-,15-14-,18-17-,21-20-,24-23-,27-26-,30-29-,33-32-,38-36+. The summed E-state index contributed by atoms with van der Waals surface area (Å²) in [6.45, 7) is 2.49. The number of carbonyl (C=O) groups is 1. The highest BCUT2D eigenvalue weighted by Crippen LogP contribution is 2.30. The Hall–Kier alpha value is -3.61. The van der Waals surface area contributed by atoms with Gasteiger partial charge >= 0.3 is 0 Å². The smallest absolute Gasteiger partial charge is 0.220 e. The number of nitrogens with one attached hydrogen (secondary N) is 1. The van der Waals surface area contributed by atoms with Crippen molar-refractivity contribution in [2.75, 3.05) is 19.8 Å². The lowest BCUT2D eigenvalue weighted by molar-refractivity contribution is -0.359. The van der Waals surface area contributed by atoms with Gasteiger partial charge in [0.1, 0.15) is 48.8 Å². The molecule has 0 aromatic heterocycles. The lowest BCUT2D eigenvalue weighted by Gasteiger charge is -2.46. The number of allylic oxidation sites excluding steroid dienone is 19. The van der Waals surface area contributed by atoms with Gasteiger partial charge in [0.25, 0.3) is 0 Å². The molecule has 0 saturated carbocycles. The lowest BCUT2D eigenvalue weighted by atomic mass is 9.97. The normalized spacial score (nSPS) is 27.2. The second-order valence-corrected chi connectivity index (χ2v) is 17.2. The number of amides is 1. The van der Waals surface area contributed by atoms with Gasteiger partial charge in [0.05, 0.1) is 32.0 Å². The van der Waals surface area contributed by atoms with E-state index >= 15 is 0 Å². The molecule has 12 atom stereocenters. The number of ether oxygens (including phenoxy) is 4. The first-order valence-electron chi connectivity index (χ1n) is 25.3. The Labute approximate surface area is 412 Å². The third-order valence-corrected chi connectivity index (χ3v) is 11.4. The summed E-state index contributed by atoms with van der Waals surface area (Å²) in [5, 5.41) is 86.2. The van der Waals surface area contributed by atoms with Gasteiger partial charge in [-0.2, -0.15) is 0 Å². The summed E-state index contributed by atoms with van der Waals surface area (Å²) in [6.07, 6.45) is 40.1. The van der Waals surface area contributed by atoms with Crippen LogP contribution in [0.1, 0.15) is 123 Å². The van der Waals surface area contributed by atoms with Gasteiger partial charge in [-0.25, -0.2) is 0 Å². The lowest BCUT2D eigenvalue weighted by Crippen LogP contribution is -2.65. The third kappa shape index (κ3) is 27.0. The summed E-state index contributed by atoms with van der Waals surface area (Å²) < 4.78 is 22.5. The van der Waals surface area contributed by atoms with Crippen molar-refractivity contribution in [1.29, 1.82) is 0 Å². The molecule has 0 aromatic carbocycles. The minimum Gasteiger partial charge on any atom is -0.394 e. The maximum Gasteiger partial charge on any atom is 0.220 e. The van der Waals surface area contributed by atoms with Crippen molar-refractivity contribution in [3.8, 4) is 0 Å². The molecule has 2 rings (SSSR count). The molecule has 14 nitrogen and oxygen atoms in total. The number of aliphatic hydroxyl groups is 8. The maximum absolute atomic E-state index is 13.1. The molecule has 69 heavy (non-hydrogen) atoms. The van der Waals surface area contributed by atoms with Crippen LogP contribution in [-0.4, -0.2) is 140 Å². The summed E-state index contributed by atoms with van der Waals surface area (Å²) in [4.78, 5) is 13.1. The zero-order chi connectivity index (χ0) is 50.3. The first-order valence-corrected chi connectivity index (χ1v) is 25.3. The highest BCUT2D eigenvalue weighted by atomic mass is 16.7. The van der Waals surface area contributed by atoms with E-state index in [2.05, 4.69) is 122 Å². The Morgan fingerprint density at radius 1 is 0.536 bits per heavy atom. The van der Waals surface area contributed by atoms with Crippen molar-refractivity contribution in [2.24, 2.45) is 0 Å². The van der Waals surface area contributed by atoms with Gasteiger partial charge in [-0.15, -0.1) is 0 Å². The molecule has 2 saturated heterocycles. The fraction of sp³-hybridized carbons (Fsp3) is 0.618. The van der Waals surface area contributed by atoms with Gasteiger partial charge in [0.2, 0.25) is 5.91 Å². The quantitative estimate of drug-likeness (QED) is 0.0236. The van der Waals surface area contributed by atoms with Gasteiger partial charge in [-0.1, -0.05) is 155 Å². The predicted molar refractivity (Wildman–Crippen MR) is 272 cm³/mol. The van der Waals surface area contributed by atoms with E-state index in [9.17, 15) is 45.6 Å². The molecule has 9 N–H and O–H groups in total. The Bertz CT molecular complexity index is 1620. The maximum atomic E-state index is 13.1. The fourth-order valence-corrected chi connectivity index (χ4v) is 7.29. The van der Waals surface area contributed by atoms with Crippen LogP contribution in [0.5, 0.6) is 0 Å². The molecule has 12 unspecified atom stereocenters. The minimum atomic E-state index is -1.80. The van der Waals surface area contributed by atoms with Crippen molar-refractivity contribution in [1.82, 2.24) is 5.32 Å². The van der Waals surface area contributed by atoms with Gasteiger partial charge in [-0.05, 0) is 83.5 Å². The van der Waals surface area contributed by atoms with Crippen molar-refractivity contribution < 1.29 is 64.6 Å². The average molecular weight is 970 g/mol. The van der Waals surface area contributed by atoms with Crippen molar-refractivity contribution >= 4 is 5.91 Å². The van der Waals surface area contributed by atoms with Gasteiger partial charge in [0, 0.05) is 6.42 Å². The first kappa shape index (κ1) is 61.5. The number of unbranched alkanes of at least 4 members (excludes halogenated alkanes) is 5. The summed E-state index contributed by atoms with van der Waals surface area (Å²) in [5.74, 6) is -0.311. The summed E-state index contributed by atoms with van der Waals surface area (Å²) in [5.41, 5.74) is 0. The highest BCUT2D eigenvalue weighted by Gasteiger charge is 2.51. The molecule has 14 heteroatoms. The molecule has 0 spiro atoms. The fourth-order valence-electron chi connectivity index (χ4n) is 7.29. The van der Waals surface area contributed by atoms with E-state index in [1.54, 1.807) is 6.08 Å². The topological polar surface area (TPSA) is 228 Å². The van der Waals surface area contributed by atoms with Crippen LogP contribution in [0.15, 0.2) is 122 Å². The van der Waals surface area contributed by atoms with Gasteiger partial charge in [-0.3, -0.25) is 4.79 Å². The molecular weight excluding hydrogens is 883 g/mol. The molecule has 2 aliphatic rings. The number of hydrogen-bond acceptors (Lipinski definition) is 13. The van der Waals surface area contributed by atoms with Crippen LogP contribution in [0.25, 0.3) is 0 Å². The van der Waals surface area contributed by atoms with Crippen LogP contribution in [0.4, 0.5) is 0 Å². The van der Waals surface area contributed by atoms with E-state index in [-0.39, 0.29) is 18.9 Å². The van der Waals surface area contributed by atoms with Crippen LogP contribution < -0.4 is 5.32 Å². The van der Waals surface area contributed by atoms with Crippen LogP contribution in [0.3, 0.4) is 0 Å².